The van der Waals surface area contributed by atoms with E-state index >= 15 is 0 Å². The van der Waals surface area contributed by atoms with Crippen molar-refractivity contribution in [1.82, 2.24) is 14.2 Å². The minimum atomic E-state index is -3.68. The van der Waals surface area contributed by atoms with Crippen molar-refractivity contribution in [2.24, 2.45) is 0 Å². The number of anilines is 1. The number of ether oxygens (including phenoxy) is 1. The molecule has 4 rings (SSSR count). The zero-order chi connectivity index (χ0) is 22.2. The maximum Gasteiger partial charge on any atom is 0.410 e. The lowest BCUT2D eigenvalue weighted by molar-refractivity contribution is 0.0287. The highest BCUT2D eigenvalue weighted by Gasteiger charge is 2.44. The van der Waals surface area contributed by atoms with E-state index in [0.29, 0.717) is 38.3 Å². The van der Waals surface area contributed by atoms with Gasteiger partial charge in [0.25, 0.3) is 0 Å². The van der Waals surface area contributed by atoms with Crippen LogP contribution in [0.5, 0.6) is 0 Å². The predicted molar refractivity (Wildman–Crippen MR) is 119 cm³/mol. The number of pyridine rings is 1. The number of hydrogen-bond donors (Lipinski definition) is 0. The van der Waals surface area contributed by atoms with Gasteiger partial charge in [-0.25, -0.2) is 4.79 Å². The second-order valence-corrected chi connectivity index (χ2v) is 10.6. The second kappa shape index (κ2) is 8.12. The summed E-state index contributed by atoms with van der Waals surface area (Å²) in [6.45, 7) is 7.05. The van der Waals surface area contributed by atoms with E-state index in [9.17, 15) is 13.2 Å². The van der Waals surface area contributed by atoms with Crippen molar-refractivity contribution < 1.29 is 17.9 Å². The lowest BCUT2D eigenvalue weighted by Gasteiger charge is -2.26. The van der Waals surface area contributed by atoms with Crippen molar-refractivity contribution in [3.63, 3.8) is 0 Å². The van der Waals surface area contributed by atoms with Crippen LogP contribution in [-0.2, 0) is 14.9 Å². The van der Waals surface area contributed by atoms with E-state index in [1.807, 2.05) is 57.2 Å². The third-order valence-electron chi connectivity index (χ3n) is 5.42. The fourth-order valence-corrected chi connectivity index (χ4v) is 5.81. The molecule has 166 valence electrons. The number of benzene rings is 1. The molecule has 0 spiro atoms. The first-order chi connectivity index (χ1) is 14.6. The molecule has 0 unspecified atom stereocenters. The molecule has 2 aliphatic rings. The first-order valence-corrected chi connectivity index (χ1v) is 11.8. The van der Waals surface area contributed by atoms with Crippen LogP contribution >= 0.6 is 0 Å². The molecule has 1 atom stereocenters. The molecule has 1 aromatic carbocycles. The van der Waals surface area contributed by atoms with Crippen molar-refractivity contribution in [2.45, 2.75) is 38.8 Å². The fraction of sp³-hybridized carbons (Fsp3) is 0.455. The van der Waals surface area contributed by atoms with E-state index in [-0.39, 0.29) is 6.04 Å². The normalized spacial score (nSPS) is 21.5. The van der Waals surface area contributed by atoms with Crippen LogP contribution in [0.4, 0.5) is 10.5 Å². The topological polar surface area (TPSA) is 83.1 Å². The van der Waals surface area contributed by atoms with Crippen LogP contribution in [0.3, 0.4) is 0 Å². The van der Waals surface area contributed by atoms with Gasteiger partial charge in [-0.2, -0.15) is 12.7 Å². The smallest absolute Gasteiger partial charge is 0.410 e. The predicted octanol–water partition coefficient (Wildman–Crippen LogP) is 3.12. The van der Waals surface area contributed by atoms with Gasteiger partial charge in [-0.15, -0.1) is 0 Å². The van der Waals surface area contributed by atoms with Gasteiger partial charge in [-0.05, 0) is 51.5 Å². The van der Waals surface area contributed by atoms with Gasteiger partial charge in [-0.1, -0.05) is 18.2 Å². The van der Waals surface area contributed by atoms with E-state index in [0.717, 1.165) is 11.3 Å². The van der Waals surface area contributed by atoms with Gasteiger partial charge in [0.15, 0.2) is 0 Å². The Morgan fingerprint density at radius 1 is 1.10 bits per heavy atom. The van der Waals surface area contributed by atoms with E-state index in [2.05, 4.69) is 4.98 Å². The zero-order valence-corrected chi connectivity index (χ0v) is 18.9. The summed E-state index contributed by atoms with van der Waals surface area (Å²) in [5.74, 6) is 0. The minimum Gasteiger partial charge on any atom is -0.444 e. The van der Waals surface area contributed by atoms with Gasteiger partial charge >= 0.3 is 16.3 Å². The molecule has 31 heavy (non-hydrogen) atoms. The van der Waals surface area contributed by atoms with Crippen LogP contribution in [-0.4, -0.2) is 66.5 Å². The van der Waals surface area contributed by atoms with Crippen LogP contribution < -0.4 is 4.31 Å². The summed E-state index contributed by atoms with van der Waals surface area (Å²) in [4.78, 5) is 18.3. The quantitative estimate of drug-likeness (QED) is 0.726. The van der Waals surface area contributed by atoms with E-state index in [1.165, 1.54) is 8.61 Å². The molecule has 3 heterocycles. The Morgan fingerprint density at radius 3 is 2.61 bits per heavy atom. The molecule has 8 nitrogen and oxygen atoms in total. The lowest BCUT2D eigenvalue weighted by atomic mass is 10.1. The van der Waals surface area contributed by atoms with Gasteiger partial charge in [-0.3, -0.25) is 9.29 Å². The molecular formula is C22H28N4O4S. The van der Waals surface area contributed by atoms with Crippen LogP contribution in [0.1, 0.15) is 27.2 Å². The first-order valence-electron chi connectivity index (χ1n) is 10.4. The first kappa shape index (κ1) is 21.6. The molecule has 0 saturated carbocycles. The summed E-state index contributed by atoms with van der Waals surface area (Å²) in [6, 6.07) is 12.8. The van der Waals surface area contributed by atoms with Crippen molar-refractivity contribution in [3.8, 4) is 11.3 Å². The fourth-order valence-electron chi connectivity index (χ4n) is 4.00. The molecule has 0 aliphatic carbocycles. The highest BCUT2D eigenvalue weighted by atomic mass is 32.2. The highest BCUT2D eigenvalue weighted by Crippen LogP contribution is 2.32. The number of aromatic nitrogens is 1. The summed E-state index contributed by atoms with van der Waals surface area (Å²) < 4.78 is 35.1. The lowest BCUT2D eigenvalue weighted by Crippen LogP contribution is -2.43. The summed E-state index contributed by atoms with van der Waals surface area (Å²) in [5.41, 5.74) is 1.70. The average Bonchev–Trinajstić information content (AvgIpc) is 3.31. The molecule has 2 aliphatic heterocycles. The van der Waals surface area contributed by atoms with Gasteiger partial charge < -0.3 is 9.64 Å². The molecule has 2 fully saturated rings. The minimum absolute atomic E-state index is 0.249. The van der Waals surface area contributed by atoms with Crippen molar-refractivity contribution >= 4 is 22.0 Å². The largest absolute Gasteiger partial charge is 0.444 e. The number of likely N-dealkylation sites (tertiary alicyclic amines) is 1. The Morgan fingerprint density at radius 2 is 1.90 bits per heavy atom. The third-order valence-corrected chi connectivity index (χ3v) is 7.44. The van der Waals surface area contributed by atoms with Crippen LogP contribution in [0.25, 0.3) is 11.3 Å². The van der Waals surface area contributed by atoms with Crippen molar-refractivity contribution in [1.29, 1.82) is 0 Å². The number of rotatable bonds is 3. The maximum absolute atomic E-state index is 13.3. The van der Waals surface area contributed by atoms with Crippen molar-refractivity contribution in [3.05, 3.63) is 48.7 Å². The molecule has 2 saturated heterocycles. The highest BCUT2D eigenvalue weighted by molar-refractivity contribution is 7.90. The number of amides is 1. The molecule has 9 heteroatoms. The molecule has 2 aromatic rings. The molecular weight excluding hydrogens is 416 g/mol. The number of hydrogen-bond acceptors (Lipinski definition) is 5. The maximum atomic E-state index is 13.3. The monoisotopic (exact) mass is 444 g/mol. The van der Waals surface area contributed by atoms with E-state index < -0.39 is 21.9 Å². The molecule has 1 amide bonds. The Kier molecular flexibility index (Phi) is 5.65. The number of nitrogens with zero attached hydrogens (tertiary/aromatic N) is 4. The Labute approximate surface area is 183 Å². The SMILES string of the molecule is CC(C)(C)OC(=O)N1CC[C@H](N2CCN(c3cccc(-c4ccccn4)c3)S2(=O)=O)C1. The van der Waals surface area contributed by atoms with Gasteiger partial charge in [0.2, 0.25) is 0 Å². The summed E-state index contributed by atoms with van der Waals surface area (Å²) in [7, 11) is -3.68. The number of carbonyl (C=O) groups is 1. The molecule has 0 bridgehead atoms. The Balaban J connectivity index is 1.49. The van der Waals surface area contributed by atoms with Gasteiger partial charge in [0.1, 0.15) is 5.60 Å². The number of carbonyl (C=O) groups excluding carboxylic acids is 1. The molecule has 0 radical (unpaired) electrons. The zero-order valence-electron chi connectivity index (χ0n) is 18.1. The van der Waals surface area contributed by atoms with Gasteiger partial charge in [0.05, 0.1) is 11.4 Å². The van der Waals surface area contributed by atoms with E-state index in [4.69, 9.17) is 4.74 Å². The molecule has 0 N–H and O–H groups in total. The average molecular weight is 445 g/mol. The third kappa shape index (κ3) is 4.52. The Hall–Kier alpha value is -2.65. The van der Waals surface area contributed by atoms with Crippen LogP contribution in [0.2, 0.25) is 0 Å². The standard InChI is InChI=1S/C22H28N4O4S/c1-22(2,3)30-21(27)24-12-10-19(16-24)26-14-13-25(31(26,28)29)18-8-6-7-17(15-18)20-9-4-5-11-23-20/h4-9,11,15,19H,10,12-14,16H2,1-3H3/t19-/m0/s1. The summed E-state index contributed by atoms with van der Waals surface area (Å²) in [5, 5.41) is 0. The van der Waals surface area contributed by atoms with Gasteiger partial charge in [0, 0.05) is 44.0 Å². The molecule has 1 aromatic heterocycles. The Bertz CT molecular complexity index is 1050. The summed E-state index contributed by atoms with van der Waals surface area (Å²) in [6.07, 6.45) is 1.92. The van der Waals surface area contributed by atoms with Crippen LogP contribution in [0, 0.1) is 0 Å². The van der Waals surface area contributed by atoms with E-state index in [1.54, 1.807) is 17.2 Å². The van der Waals surface area contributed by atoms with Crippen LogP contribution in [0.15, 0.2) is 48.7 Å². The second-order valence-electron chi connectivity index (χ2n) is 8.82. The summed E-state index contributed by atoms with van der Waals surface area (Å²) >= 11 is 0. The van der Waals surface area contributed by atoms with Crippen molar-refractivity contribution in [2.75, 3.05) is 30.5 Å².